The minimum absolute atomic E-state index is 0.00684. The van der Waals surface area contributed by atoms with E-state index in [1.54, 1.807) is 29.3 Å². The van der Waals surface area contributed by atoms with Gasteiger partial charge in [-0.2, -0.15) is 10.1 Å². The zero-order chi connectivity index (χ0) is 19.7. The molecule has 4 heterocycles. The van der Waals surface area contributed by atoms with Gasteiger partial charge in [0, 0.05) is 43.5 Å². The molecule has 9 nitrogen and oxygen atoms in total. The third kappa shape index (κ3) is 3.60. The minimum atomic E-state index is -0.181. The summed E-state index contributed by atoms with van der Waals surface area (Å²) >= 11 is 0. The van der Waals surface area contributed by atoms with Crippen molar-refractivity contribution in [2.45, 2.75) is 38.6 Å². The largest absolute Gasteiger partial charge is 0.339 e. The molecule has 1 amide bonds. The van der Waals surface area contributed by atoms with Crippen molar-refractivity contribution in [2.75, 3.05) is 13.1 Å². The van der Waals surface area contributed by atoms with Crippen LogP contribution < -0.4 is 5.56 Å². The van der Waals surface area contributed by atoms with Gasteiger partial charge in [-0.25, -0.2) is 0 Å². The quantitative estimate of drug-likeness (QED) is 0.741. The van der Waals surface area contributed by atoms with Crippen LogP contribution in [0.25, 0.3) is 11.5 Å². The lowest BCUT2D eigenvalue weighted by molar-refractivity contribution is 0.0710. The Kier molecular flexibility index (Phi) is 4.81. The van der Waals surface area contributed by atoms with Crippen molar-refractivity contribution in [2.24, 2.45) is 0 Å². The molecule has 0 bridgehead atoms. The molecule has 28 heavy (non-hydrogen) atoms. The number of piperidine rings is 1. The summed E-state index contributed by atoms with van der Waals surface area (Å²) < 4.78 is 7.13. The van der Waals surface area contributed by atoms with E-state index < -0.39 is 0 Å². The van der Waals surface area contributed by atoms with Gasteiger partial charge in [0.05, 0.1) is 17.3 Å². The summed E-state index contributed by atoms with van der Waals surface area (Å²) in [6.07, 6.45) is 6.53. The summed E-state index contributed by atoms with van der Waals surface area (Å²) in [5.41, 5.74) is 1.11. The molecule has 0 unspecified atom stereocenters. The number of pyridine rings is 1. The molecule has 1 N–H and O–H groups in total. The molecule has 0 radical (unpaired) electrons. The number of carbonyl (C=O) groups is 1. The van der Waals surface area contributed by atoms with E-state index in [0.717, 1.165) is 12.8 Å². The molecule has 3 aromatic rings. The summed E-state index contributed by atoms with van der Waals surface area (Å²) in [4.78, 5) is 32.8. The Morgan fingerprint density at radius 1 is 1.29 bits per heavy atom. The highest BCUT2D eigenvalue weighted by Gasteiger charge is 2.28. The van der Waals surface area contributed by atoms with E-state index in [2.05, 4.69) is 20.2 Å². The molecule has 146 valence electrons. The van der Waals surface area contributed by atoms with Crippen LogP contribution in [-0.2, 0) is 0 Å². The number of hydrogen-bond acceptors (Lipinski definition) is 6. The number of nitrogens with one attached hydrogen (secondary N) is 1. The zero-order valence-electron chi connectivity index (χ0n) is 15.8. The van der Waals surface area contributed by atoms with Crippen molar-refractivity contribution in [3.05, 3.63) is 52.5 Å². The minimum Gasteiger partial charge on any atom is -0.339 e. The number of likely N-dealkylation sites (tertiary alicyclic amines) is 1. The number of rotatable bonds is 4. The van der Waals surface area contributed by atoms with E-state index in [4.69, 9.17) is 4.52 Å². The second kappa shape index (κ2) is 7.41. The van der Waals surface area contributed by atoms with E-state index in [1.807, 2.05) is 18.7 Å². The molecule has 4 rings (SSSR count). The SMILES string of the molecule is CC(C)n1cc(C(=O)N2CCC(c3noc(-c4ccc(=O)[nH]c4)n3)CC2)cn1. The molecule has 0 saturated carbocycles. The molecule has 0 aliphatic carbocycles. The molecule has 0 atom stereocenters. The van der Waals surface area contributed by atoms with Crippen molar-refractivity contribution in [1.29, 1.82) is 0 Å². The Labute approximate surface area is 161 Å². The summed E-state index contributed by atoms with van der Waals surface area (Å²) in [7, 11) is 0. The molecule has 3 aromatic heterocycles. The van der Waals surface area contributed by atoms with Gasteiger partial charge in [-0.05, 0) is 32.8 Å². The fourth-order valence-electron chi connectivity index (χ4n) is 3.32. The average Bonchev–Trinajstić information content (AvgIpc) is 3.38. The van der Waals surface area contributed by atoms with E-state index in [0.29, 0.717) is 35.9 Å². The van der Waals surface area contributed by atoms with Gasteiger partial charge in [-0.15, -0.1) is 0 Å². The highest BCUT2D eigenvalue weighted by Crippen LogP contribution is 2.28. The first kappa shape index (κ1) is 18.1. The lowest BCUT2D eigenvalue weighted by atomic mass is 9.96. The Morgan fingerprint density at radius 2 is 2.07 bits per heavy atom. The van der Waals surface area contributed by atoms with Crippen LogP contribution in [0.2, 0.25) is 0 Å². The average molecular weight is 382 g/mol. The maximum absolute atomic E-state index is 12.7. The van der Waals surface area contributed by atoms with Crippen molar-refractivity contribution < 1.29 is 9.32 Å². The van der Waals surface area contributed by atoms with Crippen LogP contribution in [0, 0.1) is 0 Å². The third-order valence-corrected chi connectivity index (χ3v) is 5.00. The maximum Gasteiger partial charge on any atom is 0.259 e. The molecule has 1 aliphatic heterocycles. The smallest absolute Gasteiger partial charge is 0.259 e. The van der Waals surface area contributed by atoms with Crippen LogP contribution in [0.1, 0.15) is 54.8 Å². The standard InChI is InChI=1S/C19H22N6O3/c1-12(2)25-11-15(10-21-25)19(27)24-7-5-13(6-8-24)17-22-18(28-23-17)14-3-4-16(26)20-9-14/h3-4,9-13H,5-8H2,1-2H3,(H,20,26). The predicted octanol–water partition coefficient (Wildman–Crippen LogP) is 2.22. The van der Waals surface area contributed by atoms with Gasteiger partial charge >= 0.3 is 0 Å². The lowest BCUT2D eigenvalue weighted by Crippen LogP contribution is -2.38. The van der Waals surface area contributed by atoms with E-state index >= 15 is 0 Å². The first-order chi connectivity index (χ1) is 13.5. The van der Waals surface area contributed by atoms with Gasteiger partial charge in [0.15, 0.2) is 5.82 Å². The Hall–Kier alpha value is -3.23. The van der Waals surface area contributed by atoms with Crippen molar-refractivity contribution in [3.8, 4) is 11.5 Å². The van der Waals surface area contributed by atoms with Crippen molar-refractivity contribution >= 4 is 5.91 Å². The first-order valence-corrected chi connectivity index (χ1v) is 9.37. The van der Waals surface area contributed by atoms with Crippen LogP contribution in [0.15, 0.2) is 40.0 Å². The zero-order valence-corrected chi connectivity index (χ0v) is 15.8. The van der Waals surface area contributed by atoms with Gasteiger partial charge in [0.25, 0.3) is 11.8 Å². The molecule has 1 aliphatic rings. The normalized spacial score (nSPS) is 15.3. The number of H-pyrrole nitrogens is 1. The van der Waals surface area contributed by atoms with Gasteiger partial charge < -0.3 is 14.4 Å². The van der Waals surface area contributed by atoms with Crippen LogP contribution in [-0.4, -0.2) is 48.8 Å². The Balaban J connectivity index is 1.39. The maximum atomic E-state index is 12.7. The van der Waals surface area contributed by atoms with Gasteiger partial charge in [0.1, 0.15) is 0 Å². The van der Waals surface area contributed by atoms with E-state index in [-0.39, 0.29) is 23.4 Å². The Morgan fingerprint density at radius 3 is 2.71 bits per heavy atom. The first-order valence-electron chi connectivity index (χ1n) is 9.37. The van der Waals surface area contributed by atoms with E-state index in [9.17, 15) is 9.59 Å². The van der Waals surface area contributed by atoms with Crippen LogP contribution in [0.4, 0.5) is 0 Å². The van der Waals surface area contributed by atoms with Crippen molar-refractivity contribution in [3.63, 3.8) is 0 Å². The fourth-order valence-corrected chi connectivity index (χ4v) is 3.32. The van der Waals surface area contributed by atoms with Crippen LogP contribution in [0.5, 0.6) is 0 Å². The second-order valence-electron chi connectivity index (χ2n) is 7.27. The molecule has 0 spiro atoms. The molecule has 0 aromatic carbocycles. The Bertz CT molecular complexity index is 1010. The van der Waals surface area contributed by atoms with Crippen LogP contribution >= 0.6 is 0 Å². The lowest BCUT2D eigenvalue weighted by Gasteiger charge is -2.30. The summed E-state index contributed by atoms with van der Waals surface area (Å²) in [5, 5.41) is 8.34. The number of carbonyl (C=O) groups excluding carboxylic acids is 1. The fraction of sp³-hybridized carbons (Fsp3) is 0.421. The predicted molar refractivity (Wildman–Crippen MR) is 101 cm³/mol. The van der Waals surface area contributed by atoms with Gasteiger partial charge in [0.2, 0.25) is 5.56 Å². The number of aromatic amines is 1. The van der Waals surface area contributed by atoms with Crippen molar-refractivity contribution in [1.82, 2.24) is 29.8 Å². The number of amides is 1. The molecule has 1 fully saturated rings. The van der Waals surface area contributed by atoms with Gasteiger partial charge in [-0.1, -0.05) is 5.16 Å². The molecule has 1 saturated heterocycles. The van der Waals surface area contributed by atoms with Crippen LogP contribution in [0.3, 0.4) is 0 Å². The molecule has 9 heteroatoms. The number of hydrogen-bond donors (Lipinski definition) is 1. The highest BCUT2D eigenvalue weighted by atomic mass is 16.5. The number of aromatic nitrogens is 5. The topological polar surface area (TPSA) is 110 Å². The summed E-state index contributed by atoms with van der Waals surface area (Å²) in [6, 6.07) is 3.29. The number of nitrogens with zero attached hydrogens (tertiary/aromatic N) is 5. The van der Waals surface area contributed by atoms with Gasteiger partial charge in [-0.3, -0.25) is 14.3 Å². The second-order valence-corrected chi connectivity index (χ2v) is 7.27. The van der Waals surface area contributed by atoms with E-state index in [1.165, 1.54) is 6.07 Å². The monoisotopic (exact) mass is 382 g/mol. The third-order valence-electron chi connectivity index (χ3n) is 5.00. The summed E-state index contributed by atoms with van der Waals surface area (Å²) in [5.74, 6) is 1.17. The molecular formula is C19H22N6O3. The highest BCUT2D eigenvalue weighted by molar-refractivity contribution is 5.93. The summed E-state index contributed by atoms with van der Waals surface area (Å²) in [6.45, 7) is 5.33. The molecular weight excluding hydrogens is 360 g/mol.